The number of benzene rings is 2. The van der Waals surface area contributed by atoms with Crippen molar-refractivity contribution in [1.29, 1.82) is 0 Å². The maximum Gasteiger partial charge on any atom is 0.269 e. The lowest BCUT2D eigenvalue weighted by Gasteiger charge is -2.08. The van der Waals surface area contributed by atoms with Crippen LogP contribution in [0.5, 0.6) is 0 Å². The van der Waals surface area contributed by atoms with Gasteiger partial charge in [-0.3, -0.25) is 4.79 Å². The summed E-state index contributed by atoms with van der Waals surface area (Å²) in [5.74, 6) is -0.235. The van der Waals surface area contributed by atoms with Crippen LogP contribution in [0, 0.1) is 0 Å². The number of fused-ring (bicyclic) bond motifs is 1. The smallest absolute Gasteiger partial charge is 0.269 e. The fraction of sp³-hybridized carbons (Fsp3) is 0.211. The van der Waals surface area contributed by atoms with Crippen molar-refractivity contribution in [3.63, 3.8) is 0 Å². The molecule has 136 valence electrons. The molecule has 0 radical (unpaired) electrons. The van der Waals surface area contributed by atoms with Gasteiger partial charge in [-0.05, 0) is 40.5 Å². The first-order valence-electron chi connectivity index (χ1n) is 8.21. The van der Waals surface area contributed by atoms with Gasteiger partial charge in [-0.15, -0.1) is 0 Å². The van der Waals surface area contributed by atoms with Gasteiger partial charge >= 0.3 is 0 Å². The largest absolute Gasteiger partial charge is 0.351 e. The third-order valence-corrected chi connectivity index (χ3v) is 6.86. The van der Waals surface area contributed by atoms with Crippen LogP contribution in [-0.2, 0) is 16.9 Å². The van der Waals surface area contributed by atoms with E-state index in [0.717, 1.165) is 15.4 Å². The van der Waals surface area contributed by atoms with Gasteiger partial charge in [0.15, 0.2) is 9.84 Å². The Morgan fingerprint density at radius 1 is 1.08 bits per heavy atom. The standard InChI is InChI=1S/C19H19BrN2O3S/c1-22-16-11-6-5-10-15(16)17(20)18(22)19(23)21-12-7-13-26(24,25)14-8-3-2-4-9-14/h2-6,8-11H,7,12-13H2,1H3,(H,21,23). The molecule has 0 fully saturated rings. The molecule has 0 bridgehead atoms. The quantitative estimate of drug-likeness (QED) is 0.603. The summed E-state index contributed by atoms with van der Waals surface area (Å²) >= 11 is 3.50. The molecule has 0 saturated carbocycles. The Balaban J connectivity index is 1.64. The van der Waals surface area contributed by atoms with E-state index >= 15 is 0 Å². The normalized spacial score (nSPS) is 11.6. The number of carbonyl (C=O) groups excluding carboxylic acids is 1. The molecular weight excluding hydrogens is 416 g/mol. The van der Waals surface area contributed by atoms with Gasteiger partial charge in [0, 0.05) is 24.5 Å². The molecule has 26 heavy (non-hydrogen) atoms. The Labute approximate surface area is 161 Å². The molecule has 0 spiro atoms. The van der Waals surface area contributed by atoms with Crippen molar-refractivity contribution >= 4 is 42.6 Å². The summed E-state index contributed by atoms with van der Waals surface area (Å²) < 4.78 is 27.1. The highest BCUT2D eigenvalue weighted by Gasteiger charge is 2.19. The SMILES string of the molecule is Cn1c(C(=O)NCCCS(=O)(=O)c2ccccc2)c(Br)c2ccccc21. The molecule has 3 rings (SSSR count). The number of halogens is 1. The summed E-state index contributed by atoms with van der Waals surface area (Å²) in [6, 6.07) is 16.1. The van der Waals surface area contributed by atoms with E-state index in [4.69, 9.17) is 0 Å². The molecular formula is C19H19BrN2O3S. The first kappa shape index (κ1) is 18.7. The number of para-hydroxylation sites is 1. The van der Waals surface area contributed by atoms with E-state index in [0.29, 0.717) is 23.6 Å². The maximum atomic E-state index is 12.5. The minimum Gasteiger partial charge on any atom is -0.351 e. The second-order valence-electron chi connectivity index (χ2n) is 5.98. The van der Waals surface area contributed by atoms with Crippen molar-refractivity contribution < 1.29 is 13.2 Å². The number of sulfone groups is 1. The Hall–Kier alpha value is -2.12. The average Bonchev–Trinajstić information content (AvgIpc) is 2.91. The average molecular weight is 435 g/mol. The van der Waals surface area contributed by atoms with Crippen LogP contribution in [-0.4, -0.2) is 31.2 Å². The zero-order chi connectivity index (χ0) is 18.7. The van der Waals surface area contributed by atoms with Crippen LogP contribution in [0.4, 0.5) is 0 Å². The second-order valence-corrected chi connectivity index (χ2v) is 8.88. The van der Waals surface area contributed by atoms with Gasteiger partial charge in [0.1, 0.15) is 5.69 Å². The van der Waals surface area contributed by atoms with Crippen LogP contribution >= 0.6 is 15.9 Å². The molecule has 3 aromatic rings. The molecule has 2 aromatic carbocycles. The number of hydrogen-bond donors (Lipinski definition) is 1. The van der Waals surface area contributed by atoms with Gasteiger partial charge in [-0.1, -0.05) is 36.4 Å². The summed E-state index contributed by atoms with van der Waals surface area (Å²) in [6.07, 6.45) is 0.352. The summed E-state index contributed by atoms with van der Waals surface area (Å²) in [6.45, 7) is 0.291. The molecule has 0 saturated heterocycles. The molecule has 1 aromatic heterocycles. The molecule has 7 heteroatoms. The third kappa shape index (κ3) is 3.68. The molecule has 1 N–H and O–H groups in total. The van der Waals surface area contributed by atoms with Crippen LogP contribution in [0.15, 0.2) is 64.0 Å². The van der Waals surface area contributed by atoms with E-state index in [1.165, 1.54) is 0 Å². The molecule has 1 amide bonds. The Kier molecular flexibility index (Phi) is 5.48. The number of hydrogen-bond acceptors (Lipinski definition) is 3. The Morgan fingerprint density at radius 3 is 2.42 bits per heavy atom. The van der Waals surface area contributed by atoms with Crippen molar-refractivity contribution in [3.8, 4) is 0 Å². The lowest BCUT2D eigenvalue weighted by Crippen LogP contribution is -2.28. The minimum atomic E-state index is -3.33. The van der Waals surface area contributed by atoms with E-state index in [1.54, 1.807) is 30.3 Å². The number of rotatable bonds is 6. The first-order valence-corrected chi connectivity index (χ1v) is 10.7. The second kappa shape index (κ2) is 7.63. The number of nitrogens with zero attached hydrogens (tertiary/aromatic N) is 1. The lowest BCUT2D eigenvalue weighted by atomic mass is 10.2. The molecule has 0 aliphatic heterocycles. The van der Waals surface area contributed by atoms with Crippen molar-refractivity contribution in [3.05, 3.63) is 64.8 Å². The molecule has 1 heterocycles. The highest BCUT2D eigenvalue weighted by atomic mass is 79.9. The zero-order valence-electron chi connectivity index (χ0n) is 14.3. The van der Waals surface area contributed by atoms with Gasteiger partial charge < -0.3 is 9.88 Å². The summed E-state index contributed by atoms with van der Waals surface area (Å²) in [4.78, 5) is 12.8. The van der Waals surface area contributed by atoms with Crippen LogP contribution < -0.4 is 5.32 Å². The van der Waals surface area contributed by atoms with Crippen molar-refractivity contribution in [2.45, 2.75) is 11.3 Å². The molecule has 0 atom stereocenters. The van der Waals surface area contributed by atoms with Gasteiger partial charge in [0.2, 0.25) is 0 Å². The molecule has 0 aliphatic carbocycles. The van der Waals surface area contributed by atoms with Gasteiger partial charge in [-0.2, -0.15) is 0 Å². The van der Waals surface area contributed by atoms with Crippen molar-refractivity contribution in [1.82, 2.24) is 9.88 Å². The van der Waals surface area contributed by atoms with Crippen LogP contribution in [0.3, 0.4) is 0 Å². The number of nitrogens with one attached hydrogen (secondary N) is 1. The topological polar surface area (TPSA) is 68.2 Å². The number of aryl methyl sites for hydroxylation is 1. The van der Waals surface area contributed by atoms with Crippen LogP contribution in [0.1, 0.15) is 16.9 Å². The summed E-state index contributed by atoms with van der Waals surface area (Å²) in [7, 11) is -1.49. The fourth-order valence-corrected chi connectivity index (χ4v) is 5.01. The van der Waals surface area contributed by atoms with E-state index in [2.05, 4.69) is 21.2 Å². The van der Waals surface area contributed by atoms with Crippen LogP contribution in [0.2, 0.25) is 0 Å². The number of amides is 1. The predicted molar refractivity (Wildman–Crippen MR) is 106 cm³/mol. The van der Waals surface area contributed by atoms with Crippen molar-refractivity contribution in [2.75, 3.05) is 12.3 Å². The first-order chi connectivity index (χ1) is 12.4. The third-order valence-electron chi connectivity index (χ3n) is 4.24. The minimum absolute atomic E-state index is 0.00637. The van der Waals surface area contributed by atoms with E-state index in [1.807, 2.05) is 35.9 Å². The van der Waals surface area contributed by atoms with E-state index in [-0.39, 0.29) is 11.7 Å². The van der Waals surface area contributed by atoms with Gasteiger partial charge in [0.25, 0.3) is 5.91 Å². The van der Waals surface area contributed by atoms with Crippen LogP contribution in [0.25, 0.3) is 10.9 Å². The number of aromatic nitrogens is 1. The van der Waals surface area contributed by atoms with E-state index < -0.39 is 9.84 Å². The van der Waals surface area contributed by atoms with Gasteiger partial charge in [0.05, 0.1) is 15.1 Å². The molecule has 0 aliphatic rings. The van der Waals surface area contributed by atoms with Crippen molar-refractivity contribution in [2.24, 2.45) is 7.05 Å². The zero-order valence-corrected chi connectivity index (χ0v) is 16.7. The lowest BCUT2D eigenvalue weighted by molar-refractivity contribution is 0.0945. The maximum absolute atomic E-state index is 12.5. The highest BCUT2D eigenvalue weighted by Crippen LogP contribution is 2.30. The molecule has 0 unspecified atom stereocenters. The highest BCUT2D eigenvalue weighted by molar-refractivity contribution is 9.10. The Bertz CT molecular complexity index is 1000. The summed E-state index contributed by atoms with van der Waals surface area (Å²) in [5, 5.41) is 3.78. The fourth-order valence-electron chi connectivity index (χ4n) is 2.89. The Morgan fingerprint density at radius 2 is 1.73 bits per heavy atom. The predicted octanol–water partition coefficient (Wildman–Crippen LogP) is 3.53. The molecule has 5 nitrogen and oxygen atoms in total. The number of carbonyl (C=O) groups is 1. The summed E-state index contributed by atoms with van der Waals surface area (Å²) in [5.41, 5.74) is 1.48. The van der Waals surface area contributed by atoms with Gasteiger partial charge in [-0.25, -0.2) is 8.42 Å². The van der Waals surface area contributed by atoms with E-state index in [9.17, 15) is 13.2 Å². The monoisotopic (exact) mass is 434 g/mol.